The van der Waals surface area contributed by atoms with Crippen molar-refractivity contribution >= 4 is 12.1 Å². The third-order valence-corrected chi connectivity index (χ3v) is 5.62. The van der Waals surface area contributed by atoms with Crippen molar-refractivity contribution in [3.05, 3.63) is 35.9 Å². The highest BCUT2D eigenvalue weighted by atomic mass is 16.6. The van der Waals surface area contributed by atoms with E-state index in [0.29, 0.717) is 6.04 Å². The Balaban J connectivity index is 1.74. The van der Waals surface area contributed by atoms with Crippen LogP contribution in [-0.4, -0.2) is 48.9 Å². The molecule has 1 atom stereocenters. The summed E-state index contributed by atoms with van der Waals surface area (Å²) in [5.41, 5.74) is 0.699. The summed E-state index contributed by atoms with van der Waals surface area (Å²) in [6.07, 6.45) is 3.48. The number of carbonyl (C=O) groups is 1. The third-order valence-electron chi connectivity index (χ3n) is 5.62. The molecule has 1 aliphatic rings. The number of nitrogens with zero attached hydrogens (tertiary/aromatic N) is 1. The van der Waals surface area contributed by atoms with Gasteiger partial charge in [-0.25, -0.2) is 4.79 Å². The van der Waals surface area contributed by atoms with Crippen LogP contribution >= 0.6 is 0 Å². The summed E-state index contributed by atoms with van der Waals surface area (Å²) in [5, 5.41) is 13.7. The maximum Gasteiger partial charge on any atom is 0.407 e. The van der Waals surface area contributed by atoms with Gasteiger partial charge in [0.05, 0.1) is 0 Å². The van der Waals surface area contributed by atoms with E-state index in [9.17, 15) is 4.79 Å². The van der Waals surface area contributed by atoms with Gasteiger partial charge in [-0.2, -0.15) is 0 Å². The molecule has 7 nitrogen and oxygen atoms in total. The number of alkyl carbamates (subject to hydrolysis) is 1. The number of hydrogen-bond acceptors (Lipinski definition) is 4. The van der Waals surface area contributed by atoms with Crippen molar-refractivity contribution < 1.29 is 9.53 Å². The van der Waals surface area contributed by atoms with E-state index in [-0.39, 0.29) is 23.7 Å². The molecule has 1 unspecified atom stereocenters. The van der Waals surface area contributed by atoms with Crippen molar-refractivity contribution in [2.45, 2.75) is 96.5 Å². The van der Waals surface area contributed by atoms with Gasteiger partial charge < -0.3 is 26.0 Å². The number of nitrogens with one attached hydrogen (secondary N) is 4. The number of hydrogen-bond donors (Lipinski definition) is 4. The molecule has 1 fully saturated rings. The van der Waals surface area contributed by atoms with Crippen molar-refractivity contribution in [3.63, 3.8) is 0 Å². The summed E-state index contributed by atoms with van der Waals surface area (Å²) in [6, 6.07) is 11.3. The maximum absolute atomic E-state index is 12.0. The molecule has 0 saturated heterocycles. The molecular weight excluding hydrogens is 402 g/mol. The van der Waals surface area contributed by atoms with Gasteiger partial charge in [0.25, 0.3) is 0 Å². The average Bonchev–Trinajstić information content (AvgIpc) is 2.71. The third kappa shape index (κ3) is 9.47. The van der Waals surface area contributed by atoms with Crippen molar-refractivity contribution in [1.29, 1.82) is 0 Å². The molecule has 32 heavy (non-hydrogen) atoms. The quantitative estimate of drug-likeness (QED) is 0.375. The Kier molecular flexibility index (Phi) is 9.37. The molecule has 7 heteroatoms. The van der Waals surface area contributed by atoms with Crippen LogP contribution < -0.4 is 21.3 Å². The largest absolute Gasteiger partial charge is 0.444 e. The second-order valence-electron chi connectivity index (χ2n) is 10.4. The molecule has 4 N–H and O–H groups in total. The molecule has 1 amide bonds. The van der Waals surface area contributed by atoms with Gasteiger partial charge in [0.15, 0.2) is 5.96 Å². The highest BCUT2D eigenvalue weighted by molar-refractivity contribution is 5.80. The second-order valence-corrected chi connectivity index (χ2v) is 10.4. The number of rotatable bonds is 7. The Morgan fingerprint density at radius 1 is 1.03 bits per heavy atom. The van der Waals surface area contributed by atoms with Crippen molar-refractivity contribution in [1.82, 2.24) is 21.3 Å². The maximum atomic E-state index is 12.0. The minimum Gasteiger partial charge on any atom is -0.444 e. The Labute approximate surface area is 194 Å². The summed E-state index contributed by atoms with van der Waals surface area (Å²) in [7, 11) is 1.80. The lowest BCUT2D eigenvalue weighted by molar-refractivity contribution is 0.0490. The molecule has 0 bridgehead atoms. The van der Waals surface area contributed by atoms with E-state index in [1.807, 2.05) is 26.8 Å². The number of aliphatic imine (C=N–C) groups is 1. The van der Waals surface area contributed by atoms with Crippen molar-refractivity contribution in [2.75, 3.05) is 13.6 Å². The number of amides is 1. The minimum atomic E-state index is -0.470. The van der Waals surface area contributed by atoms with Crippen LogP contribution in [-0.2, 0) is 4.74 Å². The molecule has 1 aromatic rings. The minimum absolute atomic E-state index is 0.109. The fraction of sp³-hybridized carbons (Fsp3) is 0.680. The van der Waals surface area contributed by atoms with Gasteiger partial charge >= 0.3 is 6.09 Å². The molecule has 0 aromatic heterocycles. The zero-order valence-corrected chi connectivity index (χ0v) is 20.9. The Morgan fingerprint density at radius 3 is 2.12 bits per heavy atom. The first-order valence-electron chi connectivity index (χ1n) is 11.8. The second kappa shape index (κ2) is 11.5. The number of guanidine groups is 1. The first kappa shape index (κ1) is 26.0. The summed E-state index contributed by atoms with van der Waals surface area (Å²) in [4.78, 5) is 16.4. The summed E-state index contributed by atoms with van der Waals surface area (Å²) in [5.74, 6) is 0.816. The monoisotopic (exact) mass is 445 g/mol. The van der Waals surface area contributed by atoms with Gasteiger partial charge in [-0.15, -0.1) is 0 Å². The fourth-order valence-electron chi connectivity index (χ4n) is 4.01. The predicted octanol–water partition coefficient (Wildman–Crippen LogP) is 4.12. The van der Waals surface area contributed by atoms with Gasteiger partial charge in [0.1, 0.15) is 5.60 Å². The Hall–Kier alpha value is -2.28. The predicted molar refractivity (Wildman–Crippen MR) is 132 cm³/mol. The Morgan fingerprint density at radius 2 is 1.59 bits per heavy atom. The molecule has 0 aliphatic heterocycles. The SMILES string of the molecule is CN=C(NCC(C)(C)NC(C)c1ccccc1)NC1CCC(NC(=O)OC(C)(C)C)CC1. The van der Waals surface area contributed by atoms with Crippen LogP contribution in [0.2, 0.25) is 0 Å². The topological polar surface area (TPSA) is 86.8 Å². The lowest BCUT2D eigenvalue weighted by Crippen LogP contribution is -2.54. The van der Waals surface area contributed by atoms with Crippen LogP contribution in [0.25, 0.3) is 0 Å². The number of carbonyl (C=O) groups excluding carboxylic acids is 1. The van der Waals surface area contributed by atoms with Crippen LogP contribution in [0.3, 0.4) is 0 Å². The van der Waals surface area contributed by atoms with Crippen LogP contribution in [0.5, 0.6) is 0 Å². The molecular formula is C25H43N5O2. The van der Waals surface area contributed by atoms with Crippen LogP contribution in [0, 0.1) is 0 Å². The Bertz CT molecular complexity index is 734. The smallest absolute Gasteiger partial charge is 0.407 e. The summed E-state index contributed by atoms with van der Waals surface area (Å²) >= 11 is 0. The molecule has 180 valence electrons. The number of ether oxygens (including phenoxy) is 1. The van der Waals surface area contributed by atoms with Crippen molar-refractivity contribution in [2.24, 2.45) is 4.99 Å². The lowest BCUT2D eigenvalue weighted by atomic mass is 9.91. The molecule has 2 rings (SSSR count). The molecule has 0 spiro atoms. The zero-order valence-electron chi connectivity index (χ0n) is 20.9. The first-order chi connectivity index (χ1) is 15.0. The van der Waals surface area contributed by atoms with Gasteiger partial charge in [-0.3, -0.25) is 4.99 Å². The molecule has 1 saturated carbocycles. The highest BCUT2D eigenvalue weighted by Crippen LogP contribution is 2.20. The summed E-state index contributed by atoms with van der Waals surface area (Å²) < 4.78 is 5.37. The van der Waals surface area contributed by atoms with Crippen LogP contribution in [0.4, 0.5) is 4.79 Å². The van der Waals surface area contributed by atoms with E-state index in [1.165, 1.54) is 5.56 Å². The summed E-state index contributed by atoms with van der Waals surface area (Å²) in [6.45, 7) is 13.0. The highest BCUT2D eigenvalue weighted by Gasteiger charge is 2.26. The molecule has 0 heterocycles. The molecule has 1 aliphatic carbocycles. The average molecular weight is 446 g/mol. The van der Waals surface area contributed by atoms with Gasteiger partial charge in [-0.1, -0.05) is 30.3 Å². The van der Waals surface area contributed by atoms with E-state index >= 15 is 0 Å². The van der Waals surface area contributed by atoms with Crippen LogP contribution in [0.15, 0.2) is 35.3 Å². The normalized spacial score (nSPS) is 20.9. The zero-order chi connectivity index (χ0) is 23.8. The van der Waals surface area contributed by atoms with E-state index in [1.54, 1.807) is 7.05 Å². The fourth-order valence-corrected chi connectivity index (χ4v) is 4.01. The lowest BCUT2D eigenvalue weighted by Gasteiger charge is -2.33. The number of benzene rings is 1. The van der Waals surface area contributed by atoms with Gasteiger partial charge in [-0.05, 0) is 72.8 Å². The van der Waals surface area contributed by atoms with Gasteiger partial charge in [0, 0.05) is 37.3 Å². The van der Waals surface area contributed by atoms with E-state index in [0.717, 1.165) is 38.2 Å². The van der Waals surface area contributed by atoms with Crippen LogP contribution in [0.1, 0.15) is 78.8 Å². The molecule has 0 radical (unpaired) electrons. The van der Waals surface area contributed by atoms with Crippen molar-refractivity contribution in [3.8, 4) is 0 Å². The first-order valence-corrected chi connectivity index (χ1v) is 11.8. The van der Waals surface area contributed by atoms with E-state index in [4.69, 9.17) is 4.74 Å². The molecule has 1 aromatic carbocycles. The van der Waals surface area contributed by atoms with E-state index < -0.39 is 5.60 Å². The van der Waals surface area contributed by atoms with E-state index in [2.05, 4.69) is 71.3 Å². The van der Waals surface area contributed by atoms with Gasteiger partial charge in [0.2, 0.25) is 0 Å². The standard InChI is InChI=1S/C25H43N5O2/c1-18(19-11-9-8-10-12-19)30-25(5,6)17-27-22(26-7)28-20-13-15-21(16-14-20)29-23(31)32-24(2,3)4/h8-12,18,20-21,30H,13-17H2,1-7H3,(H,29,31)(H2,26,27,28).